The Balaban J connectivity index is 2.26. The van der Waals surface area contributed by atoms with Gasteiger partial charge in [-0.3, -0.25) is 4.99 Å². The second kappa shape index (κ2) is 4.17. The van der Waals surface area contributed by atoms with Crippen LogP contribution in [-0.2, 0) is 10.2 Å². The maximum absolute atomic E-state index is 11.6. The summed E-state index contributed by atoms with van der Waals surface area (Å²) in [6.45, 7) is 6.44. The molecule has 0 fully saturated rings. The van der Waals surface area contributed by atoms with Crippen LogP contribution in [0.1, 0.15) is 36.7 Å². The van der Waals surface area contributed by atoms with Gasteiger partial charge in [0.25, 0.3) is 0 Å². The monoisotopic (exact) mass is 267 g/mol. The molecular formula is C17H17NO2. The first kappa shape index (κ1) is 12.9. The lowest BCUT2D eigenvalue weighted by molar-refractivity contribution is 0.0601. The van der Waals surface area contributed by atoms with Crippen LogP contribution in [0.5, 0.6) is 0 Å². The van der Waals surface area contributed by atoms with Crippen molar-refractivity contribution in [3.63, 3.8) is 0 Å². The molecule has 0 atom stereocenters. The number of rotatable bonds is 1. The quantitative estimate of drug-likeness (QED) is 0.732. The Morgan fingerprint density at radius 3 is 2.65 bits per heavy atom. The second-order valence-corrected chi connectivity index (χ2v) is 5.71. The minimum Gasteiger partial charge on any atom is -0.465 e. The number of carbonyl (C=O) groups is 1. The van der Waals surface area contributed by atoms with Crippen LogP contribution in [0, 0.1) is 0 Å². The number of nitrogens with zero attached hydrogens (tertiary/aromatic N) is 1. The fourth-order valence-corrected chi connectivity index (χ4v) is 2.81. The molecule has 2 aromatic carbocycles. The van der Waals surface area contributed by atoms with Gasteiger partial charge in [-0.25, -0.2) is 4.79 Å². The van der Waals surface area contributed by atoms with Crippen molar-refractivity contribution in [3.8, 4) is 0 Å². The lowest BCUT2D eigenvalue weighted by Crippen LogP contribution is -2.23. The van der Waals surface area contributed by atoms with E-state index in [2.05, 4.69) is 25.8 Å². The molecular weight excluding hydrogens is 250 g/mol. The maximum Gasteiger partial charge on any atom is 0.337 e. The molecule has 1 heterocycles. The van der Waals surface area contributed by atoms with Gasteiger partial charge >= 0.3 is 5.97 Å². The molecule has 3 rings (SSSR count). The van der Waals surface area contributed by atoms with E-state index in [0.717, 1.165) is 22.2 Å². The van der Waals surface area contributed by atoms with E-state index in [1.54, 1.807) is 0 Å². The zero-order chi connectivity index (χ0) is 14.5. The Labute approximate surface area is 118 Å². The maximum atomic E-state index is 11.6. The number of ether oxygens (including phenoxy) is 1. The average Bonchev–Trinajstić information content (AvgIpc) is 2.68. The number of hydrogen-bond acceptors (Lipinski definition) is 3. The standard InChI is InChI=1S/C17H17NO2/c1-10-17(2,3)15-13-7-5-12(16(19)20-4)9-11(13)6-8-14(15)18-10/h5-9H,1-4H3. The summed E-state index contributed by atoms with van der Waals surface area (Å²) in [7, 11) is 1.40. The molecule has 1 aliphatic rings. The summed E-state index contributed by atoms with van der Waals surface area (Å²) >= 11 is 0. The van der Waals surface area contributed by atoms with E-state index in [1.165, 1.54) is 12.7 Å². The normalized spacial score (nSPS) is 15.9. The van der Waals surface area contributed by atoms with Crippen LogP contribution in [0.15, 0.2) is 35.3 Å². The van der Waals surface area contributed by atoms with Crippen LogP contribution < -0.4 is 0 Å². The van der Waals surface area contributed by atoms with Crippen molar-refractivity contribution in [2.24, 2.45) is 4.99 Å². The summed E-state index contributed by atoms with van der Waals surface area (Å²) in [4.78, 5) is 16.3. The summed E-state index contributed by atoms with van der Waals surface area (Å²) in [5, 5.41) is 2.20. The Morgan fingerprint density at radius 1 is 1.20 bits per heavy atom. The lowest BCUT2D eigenvalue weighted by Gasteiger charge is -2.22. The highest BCUT2D eigenvalue weighted by Gasteiger charge is 2.33. The Morgan fingerprint density at radius 2 is 1.95 bits per heavy atom. The van der Waals surface area contributed by atoms with Crippen LogP contribution >= 0.6 is 0 Å². The van der Waals surface area contributed by atoms with Crippen molar-refractivity contribution >= 4 is 28.1 Å². The number of benzene rings is 2. The van der Waals surface area contributed by atoms with Gasteiger partial charge in [0.2, 0.25) is 0 Å². The van der Waals surface area contributed by atoms with Gasteiger partial charge in [-0.2, -0.15) is 0 Å². The first-order valence-corrected chi connectivity index (χ1v) is 6.66. The predicted molar refractivity (Wildman–Crippen MR) is 81.1 cm³/mol. The van der Waals surface area contributed by atoms with E-state index < -0.39 is 0 Å². The third-order valence-electron chi connectivity index (χ3n) is 4.24. The number of methoxy groups -OCH3 is 1. The number of carbonyl (C=O) groups excluding carboxylic acids is 1. The zero-order valence-electron chi connectivity index (χ0n) is 12.2. The zero-order valence-corrected chi connectivity index (χ0v) is 12.2. The van der Waals surface area contributed by atoms with Crippen LogP contribution in [0.25, 0.3) is 10.8 Å². The fourth-order valence-electron chi connectivity index (χ4n) is 2.81. The lowest BCUT2D eigenvalue weighted by atomic mass is 9.79. The molecule has 0 radical (unpaired) electrons. The van der Waals surface area contributed by atoms with E-state index in [9.17, 15) is 4.79 Å². The Hall–Kier alpha value is -2.16. The molecule has 0 spiro atoms. The highest BCUT2D eigenvalue weighted by molar-refractivity contribution is 6.07. The topological polar surface area (TPSA) is 38.7 Å². The third-order valence-corrected chi connectivity index (χ3v) is 4.24. The SMILES string of the molecule is COC(=O)c1ccc2c3c(ccc2c1)N=C(C)C3(C)C. The van der Waals surface area contributed by atoms with Crippen LogP contribution in [0.4, 0.5) is 5.69 Å². The molecule has 0 amide bonds. The average molecular weight is 267 g/mol. The summed E-state index contributed by atoms with van der Waals surface area (Å²) in [5.41, 5.74) is 3.90. The molecule has 2 aromatic rings. The van der Waals surface area contributed by atoms with Crippen LogP contribution in [0.3, 0.4) is 0 Å². The Kier molecular flexibility index (Phi) is 2.68. The van der Waals surface area contributed by atoms with Crippen molar-refractivity contribution in [1.29, 1.82) is 0 Å². The van der Waals surface area contributed by atoms with Gasteiger partial charge < -0.3 is 4.74 Å². The number of esters is 1. The van der Waals surface area contributed by atoms with Crippen LogP contribution in [0.2, 0.25) is 0 Å². The molecule has 0 aromatic heterocycles. The van der Waals surface area contributed by atoms with Gasteiger partial charge in [0.05, 0.1) is 18.4 Å². The van der Waals surface area contributed by atoms with Crippen molar-refractivity contribution in [3.05, 3.63) is 41.5 Å². The van der Waals surface area contributed by atoms with Crippen LogP contribution in [-0.4, -0.2) is 18.8 Å². The molecule has 0 saturated carbocycles. The fraction of sp³-hybridized carbons (Fsp3) is 0.294. The van der Waals surface area contributed by atoms with E-state index in [4.69, 9.17) is 4.74 Å². The molecule has 1 aliphatic heterocycles. The van der Waals surface area contributed by atoms with E-state index in [-0.39, 0.29) is 11.4 Å². The first-order valence-electron chi connectivity index (χ1n) is 6.66. The van der Waals surface area contributed by atoms with Gasteiger partial charge in [0, 0.05) is 11.1 Å². The van der Waals surface area contributed by atoms with Gasteiger partial charge in [-0.05, 0) is 41.5 Å². The number of hydrogen-bond donors (Lipinski definition) is 0. The molecule has 0 N–H and O–H groups in total. The molecule has 0 saturated heterocycles. The van der Waals surface area contributed by atoms with Crippen molar-refractivity contribution in [1.82, 2.24) is 0 Å². The van der Waals surface area contributed by atoms with E-state index in [1.807, 2.05) is 30.3 Å². The summed E-state index contributed by atoms with van der Waals surface area (Å²) in [6, 6.07) is 9.73. The minimum atomic E-state index is -0.306. The first-order chi connectivity index (χ1) is 9.45. The van der Waals surface area contributed by atoms with Crippen molar-refractivity contribution in [2.45, 2.75) is 26.2 Å². The van der Waals surface area contributed by atoms with Gasteiger partial charge in [-0.1, -0.05) is 26.0 Å². The van der Waals surface area contributed by atoms with Gasteiger partial charge in [0.1, 0.15) is 0 Å². The third kappa shape index (κ3) is 1.66. The van der Waals surface area contributed by atoms with Gasteiger partial charge in [0.15, 0.2) is 0 Å². The van der Waals surface area contributed by atoms with E-state index >= 15 is 0 Å². The molecule has 3 heteroatoms. The largest absolute Gasteiger partial charge is 0.465 e. The summed E-state index contributed by atoms with van der Waals surface area (Å²) < 4.78 is 4.77. The van der Waals surface area contributed by atoms with Gasteiger partial charge in [-0.15, -0.1) is 0 Å². The highest BCUT2D eigenvalue weighted by atomic mass is 16.5. The summed E-state index contributed by atoms with van der Waals surface area (Å²) in [6.07, 6.45) is 0. The predicted octanol–water partition coefficient (Wildman–Crippen LogP) is 4.01. The molecule has 102 valence electrons. The molecule has 20 heavy (non-hydrogen) atoms. The van der Waals surface area contributed by atoms with Crippen molar-refractivity contribution < 1.29 is 9.53 Å². The summed E-state index contributed by atoms with van der Waals surface area (Å²) in [5.74, 6) is -0.306. The number of aliphatic imine (C=N–C) groups is 1. The number of fused-ring (bicyclic) bond motifs is 3. The molecule has 3 nitrogen and oxygen atoms in total. The second-order valence-electron chi connectivity index (χ2n) is 5.71. The molecule has 0 bridgehead atoms. The molecule has 0 unspecified atom stereocenters. The molecule has 0 aliphatic carbocycles. The smallest absolute Gasteiger partial charge is 0.337 e. The van der Waals surface area contributed by atoms with Crippen molar-refractivity contribution in [2.75, 3.05) is 7.11 Å². The van der Waals surface area contributed by atoms with E-state index in [0.29, 0.717) is 5.56 Å². The minimum absolute atomic E-state index is 0.0678. The Bertz CT molecular complexity index is 757. The highest BCUT2D eigenvalue weighted by Crippen LogP contribution is 2.44.